The van der Waals surface area contributed by atoms with Crippen LogP contribution in [0.3, 0.4) is 0 Å². The molecule has 0 aromatic carbocycles. The van der Waals surface area contributed by atoms with Gasteiger partial charge in [0.1, 0.15) is 5.02 Å². The molecule has 0 aliphatic carbocycles. The molecule has 0 fully saturated rings. The third-order valence-electron chi connectivity index (χ3n) is 2.58. The Hall–Kier alpha value is -1.33. The third-order valence-corrected chi connectivity index (χ3v) is 3.30. The average Bonchev–Trinajstić information content (AvgIpc) is 2.78. The van der Waals surface area contributed by atoms with Crippen LogP contribution in [0.4, 0.5) is 0 Å². The molecule has 2 heterocycles. The molecule has 0 atom stereocenters. The van der Waals surface area contributed by atoms with Crippen molar-refractivity contribution in [2.45, 2.75) is 26.4 Å². The summed E-state index contributed by atoms with van der Waals surface area (Å²) in [5.74, 6) is 0. The van der Waals surface area contributed by atoms with Gasteiger partial charge in [-0.05, 0) is 13.8 Å². The van der Waals surface area contributed by atoms with Gasteiger partial charge in [0.05, 0.1) is 24.9 Å². The highest BCUT2D eigenvalue weighted by Crippen LogP contribution is 2.14. The van der Waals surface area contributed by atoms with Crippen LogP contribution in [0.1, 0.15) is 25.6 Å². The Morgan fingerprint density at radius 1 is 1.33 bits per heavy atom. The monoisotopic (exact) mass is 286 g/mol. The van der Waals surface area contributed by atoms with E-state index in [1.54, 1.807) is 12.5 Å². The maximum atomic E-state index is 11.9. The minimum atomic E-state index is -0.354. The number of aromatic nitrogens is 4. The van der Waals surface area contributed by atoms with Gasteiger partial charge >= 0.3 is 0 Å². The van der Waals surface area contributed by atoms with Crippen molar-refractivity contribution in [1.82, 2.24) is 19.1 Å². The van der Waals surface area contributed by atoms with Gasteiger partial charge in [-0.3, -0.25) is 9.36 Å². The largest absolute Gasteiger partial charge is 0.330 e. The van der Waals surface area contributed by atoms with Crippen molar-refractivity contribution in [2.24, 2.45) is 0 Å². The Kier molecular flexibility index (Phi) is 3.73. The van der Waals surface area contributed by atoms with Crippen LogP contribution in [0.5, 0.6) is 0 Å². The molecule has 7 heteroatoms. The molecule has 0 radical (unpaired) electrons. The van der Waals surface area contributed by atoms with E-state index in [2.05, 4.69) is 9.97 Å². The summed E-state index contributed by atoms with van der Waals surface area (Å²) in [4.78, 5) is 19.8. The van der Waals surface area contributed by atoms with Gasteiger partial charge in [0.2, 0.25) is 0 Å². The number of halogens is 2. The minimum absolute atomic E-state index is 0.0234. The molecule has 2 aromatic heterocycles. The Bertz CT molecular complexity index is 618. The van der Waals surface area contributed by atoms with Gasteiger partial charge < -0.3 is 4.57 Å². The van der Waals surface area contributed by atoms with Crippen molar-refractivity contribution >= 4 is 23.2 Å². The number of rotatable bonds is 3. The molecule has 18 heavy (non-hydrogen) atoms. The van der Waals surface area contributed by atoms with E-state index in [1.807, 2.05) is 18.4 Å². The SMILES string of the molecule is CC(C)n1cncc1Cn1cnc(Cl)c(Cl)c1=O. The van der Waals surface area contributed by atoms with E-state index in [0.29, 0.717) is 6.54 Å². The highest BCUT2D eigenvalue weighted by molar-refractivity contribution is 6.40. The summed E-state index contributed by atoms with van der Waals surface area (Å²) in [5.41, 5.74) is 0.556. The molecule has 0 aliphatic heterocycles. The molecular weight excluding hydrogens is 275 g/mol. The Morgan fingerprint density at radius 3 is 2.72 bits per heavy atom. The molecule has 0 N–H and O–H groups in total. The lowest BCUT2D eigenvalue weighted by Gasteiger charge is -2.12. The van der Waals surface area contributed by atoms with Gasteiger partial charge in [-0.25, -0.2) is 9.97 Å². The Balaban J connectivity index is 2.38. The molecule has 5 nitrogen and oxygen atoms in total. The summed E-state index contributed by atoms with van der Waals surface area (Å²) in [6.07, 6.45) is 4.83. The zero-order valence-corrected chi connectivity index (χ0v) is 11.5. The summed E-state index contributed by atoms with van der Waals surface area (Å²) in [5, 5.41) is -0.0370. The van der Waals surface area contributed by atoms with Crippen LogP contribution in [-0.2, 0) is 6.54 Å². The number of hydrogen-bond acceptors (Lipinski definition) is 3. The summed E-state index contributed by atoms with van der Waals surface area (Å²) >= 11 is 11.5. The molecule has 0 spiro atoms. The molecule has 2 aromatic rings. The van der Waals surface area contributed by atoms with E-state index in [1.165, 1.54) is 10.9 Å². The topological polar surface area (TPSA) is 52.7 Å². The van der Waals surface area contributed by atoms with Crippen LogP contribution in [0.15, 0.2) is 23.6 Å². The lowest BCUT2D eigenvalue weighted by molar-refractivity contribution is 0.556. The quantitative estimate of drug-likeness (QED) is 0.814. The second-order valence-corrected chi connectivity index (χ2v) is 4.90. The molecular formula is C11H12Cl2N4O. The summed E-state index contributed by atoms with van der Waals surface area (Å²) in [6.45, 7) is 4.45. The predicted octanol–water partition coefficient (Wildman–Crippen LogP) is 2.38. The van der Waals surface area contributed by atoms with Crippen LogP contribution >= 0.6 is 23.2 Å². The molecule has 2 rings (SSSR count). The number of hydrogen-bond donors (Lipinski definition) is 0. The molecule has 0 aliphatic rings. The van der Waals surface area contributed by atoms with Crippen LogP contribution in [-0.4, -0.2) is 19.1 Å². The zero-order chi connectivity index (χ0) is 13.3. The van der Waals surface area contributed by atoms with Crippen LogP contribution in [0.25, 0.3) is 0 Å². The van der Waals surface area contributed by atoms with Gasteiger partial charge in [0, 0.05) is 12.2 Å². The first-order valence-electron chi connectivity index (χ1n) is 5.42. The van der Waals surface area contributed by atoms with E-state index in [9.17, 15) is 4.79 Å². The summed E-state index contributed by atoms with van der Waals surface area (Å²) < 4.78 is 3.39. The van der Waals surface area contributed by atoms with E-state index in [0.717, 1.165) is 5.69 Å². The fourth-order valence-corrected chi connectivity index (χ4v) is 1.93. The number of nitrogens with zero attached hydrogens (tertiary/aromatic N) is 4. The molecule has 0 unspecified atom stereocenters. The molecule has 0 bridgehead atoms. The molecule has 0 saturated carbocycles. The van der Waals surface area contributed by atoms with Gasteiger partial charge in [-0.1, -0.05) is 23.2 Å². The van der Waals surface area contributed by atoms with E-state index in [4.69, 9.17) is 23.2 Å². The van der Waals surface area contributed by atoms with Crippen LogP contribution in [0.2, 0.25) is 10.2 Å². The third kappa shape index (κ3) is 2.42. The van der Waals surface area contributed by atoms with Crippen LogP contribution < -0.4 is 5.56 Å². The second-order valence-electron chi connectivity index (χ2n) is 4.17. The molecule has 96 valence electrons. The highest BCUT2D eigenvalue weighted by Gasteiger charge is 2.10. The smallest absolute Gasteiger partial charge is 0.274 e. The fourth-order valence-electron chi connectivity index (χ4n) is 1.65. The van der Waals surface area contributed by atoms with Gasteiger partial charge in [-0.15, -0.1) is 0 Å². The lowest BCUT2D eigenvalue weighted by atomic mass is 10.3. The van der Waals surface area contributed by atoms with Crippen molar-refractivity contribution in [1.29, 1.82) is 0 Å². The molecule has 0 amide bonds. The van der Waals surface area contributed by atoms with Crippen molar-refractivity contribution in [3.05, 3.63) is 45.1 Å². The van der Waals surface area contributed by atoms with Crippen molar-refractivity contribution < 1.29 is 0 Å². The van der Waals surface area contributed by atoms with Crippen molar-refractivity contribution in [2.75, 3.05) is 0 Å². The first-order valence-corrected chi connectivity index (χ1v) is 6.17. The number of imidazole rings is 1. The minimum Gasteiger partial charge on any atom is -0.330 e. The van der Waals surface area contributed by atoms with E-state index in [-0.39, 0.29) is 21.8 Å². The fraction of sp³-hybridized carbons (Fsp3) is 0.364. The first-order chi connectivity index (χ1) is 8.50. The maximum absolute atomic E-state index is 11.9. The second kappa shape index (κ2) is 5.12. The normalized spacial score (nSPS) is 11.2. The summed E-state index contributed by atoms with van der Waals surface area (Å²) in [6, 6.07) is 0.272. The molecule has 0 saturated heterocycles. The average molecular weight is 287 g/mol. The maximum Gasteiger partial charge on any atom is 0.274 e. The van der Waals surface area contributed by atoms with Crippen molar-refractivity contribution in [3.8, 4) is 0 Å². The van der Waals surface area contributed by atoms with E-state index >= 15 is 0 Å². The van der Waals surface area contributed by atoms with Gasteiger partial charge in [0.15, 0.2) is 5.15 Å². The van der Waals surface area contributed by atoms with Gasteiger partial charge in [-0.2, -0.15) is 0 Å². The lowest BCUT2D eigenvalue weighted by Crippen LogP contribution is -2.23. The zero-order valence-electron chi connectivity index (χ0n) is 9.97. The van der Waals surface area contributed by atoms with Gasteiger partial charge in [0.25, 0.3) is 5.56 Å². The van der Waals surface area contributed by atoms with E-state index < -0.39 is 0 Å². The predicted molar refractivity (Wildman–Crippen MR) is 70.2 cm³/mol. The van der Waals surface area contributed by atoms with Crippen LogP contribution in [0, 0.1) is 0 Å². The first kappa shape index (κ1) is 13.1. The Morgan fingerprint density at radius 2 is 2.06 bits per heavy atom. The standard InChI is InChI=1S/C11H12Cl2N4O/c1-7(2)17-5-14-3-8(17)4-16-6-15-10(13)9(12)11(16)18/h3,5-7H,4H2,1-2H3. The Labute approximate surface area is 114 Å². The summed E-state index contributed by atoms with van der Waals surface area (Å²) in [7, 11) is 0. The highest BCUT2D eigenvalue weighted by atomic mass is 35.5. The van der Waals surface area contributed by atoms with Crippen molar-refractivity contribution in [3.63, 3.8) is 0 Å².